The molecule has 0 saturated heterocycles. The van der Waals surface area contributed by atoms with Crippen molar-refractivity contribution in [1.29, 1.82) is 0 Å². The number of halogens is 1. The molecule has 4 nitrogen and oxygen atoms in total. The number of nitrogens with zero attached hydrogens (tertiary/aromatic N) is 3. The molecule has 1 unspecified atom stereocenters. The maximum absolute atomic E-state index is 6.20. The molecule has 0 fully saturated rings. The van der Waals surface area contributed by atoms with Crippen LogP contribution in [0.2, 0.25) is 5.15 Å². The monoisotopic (exact) mass is 264 g/mol. The van der Waals surface area contributed by atoms with E-state index in [4.69, 9.17) is 17.3 Å². The van der Waals surface area contributed by atoms with Crippen LogP contribution in [0, 0.1) is 6.92 Å². The van der Waals surface area contributed by atoms with Crippen molar-refractivity contribution in [3.8, 4) is 0 Å². The SMILES string of the molecule is Cc1nn(C)c(Cl)c1CC(N)Cc1ccncc1. The minimum Gasteiger partial charge on any atom is -0.327 e. The molecule has 0 bridgehead atoms. The van der Waals surface area contributed by atoms with Crippen LogP contribution in [0.25, 0.3) is 0 Å². The third-order valence-electron chi connectivity index (χ3n) is 2.98. The Morgan fingerprint density at radius 2 is 2.00 bits per heavy atom. The first-order valence-corrected chi connectivity index (χ1v) is 6.28. The summed E-state index contributed by atoms with van der Waals surface area (Å²) >= 11 is 6.20. The highest BCUT2D eigenvalue weighted by Crippen LogP contribution is 2.20. The molecule has 0 radical (unpaired) electrons. The second-order valence-corrected chi connectivity index (χ2v) is 4.86. The lowest BCUT2D eigenvalue weighted by molar-refractivity contribution is 0.662. The Morgan fingerprint density at radius 3 is 2.56 bits per heavy atom. The van der Waals surface area contributed by atoms with Gasteiger partial charge in [0.15, 0.2) is 0 Å². The average Bonchev–Trinajstić information content (AvgIpc) is 2.57. The lowest BCUT2D eigenvalue weighted by Crippen LogP contribution is -2.25. The van der Waals surface area contributed by atoms with Crippen molar-refractivity contribution in [2.24, 2.45) is 12.8 Å². The highest BCUT2D eigenvalue weighted by Gasteiger charge is 2.14. The third kappa shape index (κ3) is 2.89. The molecule has 2 rings (SSSR count). The molecule has 2 heterocycles. The summed E-state index contributed by atoms with van der Waals surface area (Å²) in [6, 6.07) is 4.00. The van der Waals surface area contributed by atoms with Crippen LogP contribution in [-0.2, 0) is 19.9 Å². The summed E-state index contributed by atoms with van der Waals surface area (Å²) in [4.78, 5) is 3.99. The smallest absolute Gasteiger partial charge is 0.130 e. The lowest BCUT2D eigenvalue weighted by Gasteiger charge is -2.11. The summed E-state index contributed by atoms with van der Waals surface area (Å²) in [6.07, 6.45) is 5.11. The molecule has 0 saturated carbocycles. The van der Waals surface area contributed by atoms with Crippen molar-refractivity contribution in [3.05, 3.63) is 46.5 Å². The Bertz CT molecular complexity index is 521. The van der Waals surface area contributed by atoms with Crippen LogP contribution in [0.4, 0.5) is 0 Å². The zero-order valence-electron chi connectivity index (χ0n) is 10.6. The van der Waals surface area contributed by atoms with Gasteiger partial charge in [0.25, 0.3) is 0 Å². The zero-order chi connectivity index (χ0) is 13.1. The Kier molecular flexibility index (Phi) is 3.99. The predicted octanol–water partition coefficient (Wildman–Crippen LogP) is 1.89. The van der Waals surface area contributed by atoms with Gasteiger partial charge in [0, 0.05) is 31.0 Å². The quantitative estimate of drug-likeness (QED) is 0.918. The molecule has 0 spiro atoms. The van der Waals surface area contributed by atoms with E-state index < -0.39 is 0 Å². The van der Waals surface area contributed by atoms with Crippen LogP contribution in [0.1, 0.15) is 16.8 Å². The average molecular weight is 265 g/mol. The second-order valence-electron chi connectivity index (χ2n) is 4.50. The number of pyridine rings is 1. The van der Waals surface area contributed by atoms with Crippen molar-refractivity contribution in [2.75, 3.05) is 0 Å². The molecule has 18 heavy (non-hydrogen) atoms. The number of aromatic nitrogens is 3. The molecule has 1 atom stereocenters. The Hall–Kier alpha value is -1.39. The first-order chi connectivity index (χ1) is 8.58. The van der Waals surface area contributed by atoms with Crippen LogP contribution in [-0.4, -0.2) is 20.8 Å². The van der Waals surface area contributed by atoms with Gasteiger partial charge in [-0.05, 0) is 37.5 Å². The highest BCUT2D eigenvalue weighted by atomic mass is 35.5. The summed E-state index contributed by atoms with van der Waals surface area (Å²) < 4.78 is 1.69. The van der Waals surface area contributed by atoms with E-state index in [0.717, 1.165) is 24.1 Å². The molecule has 0 aliphatic rings. The summed E-state index contributed by atoms with van der Waals surface area (Å²) in [5, 5.41) is 4.97. The number of hydrogen-bond donors (Lipinski definition) is 1. The Balaban J connectivity index is 2.05. The first kappa shape index (κ1) is 13.1. The summed E-state index contributed by atoms with van der Waals surface area (Å²) in [7, 11) is 1.84. The third-order valence-corrected chi connectivity index (χ3v) is 3.46. The van der Waals surface area contributed by atoms with Crippen LogP contribution in [0.15, 0.2) is 24.5 Å². The van der Waals surface area contributed by atoms with Crippen LogP contribution in [0.5, 0.6) is 0 Å². The predicted molar refractivity (Wildman–Crippen MR) is 72.6 cm³/mol. The van der Waals surface area contributed by atoms with Gasteiger partial charge in [-0.15, -0.1) is 0 Å². The van der Waals surface area contributed by atoms with Crippen LogP contribution >= 0.6 is 11.6 Å². The standard InChI is InChI=1S/C13H17ClN4/c1-9-12(13(14)18(2)17-9)8-11(15)7-10-3-5-16-6-4-10/h3-6,11H,7-8,15H2,1-2H3. The molecule has 0 aliphatic carbocycles. The first-order valence-electron chi connectivity index (χ1n) is 5.90. The lowest BCUT2D eigenvalue weighted by atomic mass is 10.0. The van der Waals surface area contributed by atoms with E-state index in [1.165, 1.54) is 5.56 Å². The highest BCUT2D eigenvalue weighted by molar-refractivity contribution is 6.30. The van der Waals surface area contributed by atoms with Gasteiger partial charge >= 0.3 is 0 Å². The zero-order valence-corrected chi connectivity index (χ0v) is 11.4. The van der Waals surface area contributed by atoms with Crippen molar-refractivity contribution in [2.45, 2.75) is 25.8 Å². The van der Waals surface area contributed by atoms with E-state index in [-0.39, 0.29) is 6.04 Å². The fourth-order valence-electron chi connectivity index (χ4n) is 2.06. The molecular weight excluding hydrogens is 248 g/mol. The maximum atomic E-state index is 6.20. The van der Waals surface area contributed by atoms with E-state index >= 15 is 0 Å². The second kappa shape index (κ2) is 5.50. The van der Waals surface area contributed by atoms with Gasteiger partial charge < -0.3 is 5.73 Å². The molecule has 96 valence electrons. The van der Waals surface area contributed by atoms with Crippen molar-refractivity contribution < 1.29 is 0 Å². The fraction of sp³-hybridized carbons (Fsp3) is 0.385. The molecule has 5 heteroatoms. The van der Waals surface area contributed by atoms with Crippen molar-refractivity contribution in [1.82, 2.24) is 14.8 Å². The van der Waals surface area contributed by atoms with E-state index in [1.54, 1.807) is 17.1 Å². The number of nitrogens with two attached hydrogens (primary N) is 1. The molecular formula is C13H17ClN4. The van der Waals surface area contributed by atoms with Gasteiger partial charge in [-0.25, -0.2) is 0 Å². The van der Waals surface area contributed by atoms with Gasteiger partial charge in [-0.1, -0.05) is 11.6 Å². The summed E-state index contributed by atoms with van der Waals surface area (Å²) in [5.74, 6) is 0. The van der Waals surface area contributed by atoms with Gasteiger partial charge in [-0.2, -0.15) is 5.10 Å². The number of aryl methyl sites for hydroxylation is 2. The fourth-order valence-corrected chi connectivity index (χ4v) is 2.31. The largest absolute Gasteiger partial charge is 0.327 e. The van der Waals surface area contributed by atoms with E-state index in [9.17, 15) is 0 Å². The van der Waals surface area contributed by atoms with E-state index in [1.807, 2.05) is 26.1 Å². The van der Waals surface area contributed by atoms with Crippen molar-refractivity contribution in [3.63, 3.8) is 0 Å². The Morgan fingerprint density at radius 1 is 1.33 bits per heavy atom. The maximum Gasteiger partial charge on any atom is 0.130 e. The number of hydrogen-bond acceptors (Lipinski definition) is 3. The van der Waals surface area contributed by atoms with Crippen LogP contribution in [0.3, 0.4) is 0 Å². The van der Waals surface area contributed by atoms with Gasteiger partial charge in [0.2, 0.25) is 0 Å². The summed E-state index contributed by atoms with van der Waals surface area (Å²) in [6.45, 7) is 1.96. The molecule has 0 amide bonds. The minimum absolute atomic E-state index is 0.0350. The molecule has 2 aromatic heterocycles. The minimum atomic E-state index is 0.0350. The van der Waals surface area contributed by atoms with Gasteiger partial charge in [0.1, 0.15) is 5.15 Å². The number of rotatable bonds is 4. The van der Waals surface area contributed by atoms with Crippen molar-refractivity contribution >= 4 is 11.6 Å². The van der Waals surface area contributed by atoms with E-state index in [2.05, 4.69) is 10.1 Å². The van der Waals surface area contributed by atoms with Gasteiger partial charge in [0.05, 0.1) is 5.69 Å². The molecule has 0 aromatic carbocycles. The Labute approximate surface area is 112 Å². The topological polar surface area (TPSA) is 56.7 Å². The van der Waals surface area contributed by atoms with E-state index in [0.29, 0.717) is 5.15 Å². The van der Waals surface area contributed by atoms with Gasteiger partial charge in [-0.3, -0.25) is 9.67 Å². The molecule has 0 aliphatic heterocycles. The normalized spacial score (nSPS) is 12.7. The van der Waals surface area contributed by atoms with Crippen LogP contribution < -0.4 is 5.73 Å². The molecule has 2 aromatic rings. The molecule has 2 N–H and O–H groups in total. The summed E-state index contributed by atoms with van der Waals surface area (Å²) in [5.41, 5.74) is 9.35.